The number of rotatable bonds is 2. The van der Waals surface area contributed by atoms with Crippen molar-refractivity contribution in [1.29, 1.82) is 0 Å². The molecule has 0 spiro atoms. The van der Waals surface area contributed by atoms with Crippen molar-refractivity contribution in [3.8, 4) is 0 Å². The molecule has 2 atom stereocenters. The third-order valence-corrected chi connectivity index (χ3v) is 8.09. The molecule has 3 rings (SSSR count). The van der Waals surface area contributed by atoms with Crippen LogP contribution in [0.1, 0.15) is 6.42 Å². The highest BCUT2D eigenvalue weighted by Crippen LogP contribution is 2.36. The Morgan fingerprint density at radius 2 is 2.29 bits per heavy atom. The predicted octanol–water partition coefficient (Wildman–Crippen LogP) is 1.49. The van der Waals surface area contributed by atoms with Gasteiger partial charge in [-0.3, -0.25) is 0 Å². The van der Waals surface area contributed by atoms with Crippen molar-refractivity contribution >= 4 is 37.3 Å². The summed E-state index contributed by atoms with van der Waals surface area (Å²) in [4.78, 5) is 0. The molecule has 0 amide bonds. The second kappa shape index (κ2) is 4.31. The number of nitrogens with one attached hydrogen (secondary N) is 1. The molecule has 0 aromatic carbocycles. The first-order valence-corrected chi connectivity index (χ1v) is 8.67. The first-order valence-electron chi connectivity index (χ1n) is 5.56. The molecule has 3 heterocycles. The van der Waals surface area contributed by atoms with Gasteiger partial charge >= 0.3 is 0 Å². The van der Waals surface area contributed by atoms with Crippen LogP contribution in [0.25, 0.3) is 0 Å². The Balaban J connectivity index is 1.96. The zero-order valence-corrected chi connectivity index (χ0v) is 12.3. The Morgan fingerprint density at radius 3 is 3.00 bits per heavy atom. The molecule has 2 aliphatic rings. The van der Waals surface area contributed by atoms with E-state index >= 15 is 0 Å². The fourth-order valence-corrected chi connectivity index (χ4v) is 6.80. The Hall–Kier alpha value is 0.0500. The molecule has 0 radical (unpaired) electrons. The lowest BCUT2D eigenvalue weighted by Gasteiger charge is -2.22. The lowest BCUT2D eigenvalue weighted by molar-refractivity contribution is 0.383. The van der Waals surface area contributed by atoms with Crippen molar-refractivity contribution in [2.75, 3.05) is 19.6 Å². The lowest BCUT2D eigenvalue weighted by atomic mass is 10.1. The molecule has 1 N–H and O–H groups in total. The van der Waals surface area contributed by atoms with Crippen LogP contribution in [0.15, 0.2) is 20.1 Å². The molecule has 0 unspecified atom stereocenters. The van der Waals surface area contributed by atoms with Gasteiger partial charge in [0.05, 0.1) is 0 Å². The van der Waals surface area contributed by atoms with Crippen LogP contribution in [0.4, 0.5) is 0 Å². The Bertz CT molecular complexity index is 528. The summed E-state index contributed by atoms with van der Waals surface area (Å²) in [5.41, 5.74) is 0. The Morgan fingerprint density at radius 1 is 1.47 bits per heavy atom. The topological polar surface area (TPSA) is 49.4 Å². The van der Waals surface area contributed by atoms with Crippen molar-refractivity contribution in [3.63, 3.8) is 0 Å². The summed E-state index contributed by atoms with van der Waals surface area (Å²) in [5, 5.41) is 5.07. The largest absolute Gasteiger partial charge is 0.315 e. The summed E-state index contributed by atoms with van der Waals surface area (Å²) in [6.45, 7) is 2.39. The number of hydrogen-bond acceptors (Lipinski definition) is 4. The first-order chi connectivity index (χ1) is 8.10. The summed E-state index contributed by atoms with van der Waals surface area (Å²) in [6, 6.07) is 1.94. The summed E-state index contributed by atoms with van der Waals surface area (Å²) >= 11 is 4.59. The minimum absolute atomic E-state index is 0.147. The lowest BCUT2D eigenvalue weighted by Crippen LogP contribution is -2.38. The maximum atomic E-state index is 12.5. The number of halogens is 1. The Kier molecular flexibility index (Phi) is 3.07. The van der Waals surface area contributed by atoms with Gasteiger partial charge in [-0.25, -0.2) is 8.42 Å². The van der Waals surface area contributed by atoms with Crippen LogP contribution in [-0.4, -0.2) is 38.4 Å². The van der Waals surface area contributed by atoms with Gasteiger partial charge in [0.15, 0.2) is 0 Å². The fraction of sp³-hybridized carbons (Fsp3) is 0.600. The number of thiophene rings is 1. The minimum atomic E-state index is -3.32. The van der Waals surface area contributed by atoms with Gasteiger partial charge in [-0.15, -0.1) is 11.3 Å². The van der Waals surface area contributed by atoms with Crippen LogP contribution < -0.4 is 5.32 Å². The highest BCUT2D eigenvalue weighted by atomic mass is 79.9. The molecule has 4 nitrogen and oxygen atoms in total. The van der Waals surface area contributed by atoms with Crippen LogP contribution in [0, 0.1) is 5.92 Å². The van der Waals surface area contributed by atoms with E-state index in [4.69, 9.17) is 0 Å². The SMILES string of the molecule is O=S(=O)(c1sccc1Br)N1CC[C@H]2CNC[C@H]21. The summed E-state index contributed by atoms with van der Waals surface area (Å²) in [5.74, 6) is 0.489. The van der Waals surface area contributed by atoms with Gasteiger partial charge in [-0.2, -0.15) is 4.31 Å². The van der Waals surface area contributed by atoms with Crippen molar-refractivity contribution in [3.05, 3.63) is 15.9 Å². The third-order valence-electron chi connectivity index (χ3n) is 3.52. The second-order valence-electron chi connectivity index (χ2n) is 4.45. The quantitative estimate of drug-likeness (QED) is 0.890. The molecule has 1 aromatic heterocycles. The molecule has 0 aliphatic carbocycles. The molecule has 7 heteroatoms. The van der Waals surface area contributed by atoms with E-state index in [0.717, 1.165) is 19.5 Å². The maximum Gasteiger partial charge on any atom is 0.254 e. The van der Waals surface area contributed by atoms with E-state index in [2.05, 4.69) is 21.2 Å². The Labute approximate surface area is 113 Å². The first kappa shape index (κ1) is 12.1. The molecule has 1 aromatic rings. The van der Waals surface area contributed by atoms with Crippen molar-refractivity contribution in [1.82, 2.24) is 9.62 Å². The zero-order valence-electron chi connectivity index (χ0n) is 9.10. The molecule has 0 saturated carbocycles. The molecule has 2 saturated heterocycles. The van der Waals surface area contributed by atoms with Crippen LogP contribution in [-0.2, 0) is 10.0 Å². The van der Waals surface area contributed by atoms with Crippen LogP contribution in [0.3, 0.4) is 0 Å². The summed E-state index contributed by atoms with van der Waals surface area (Å²) < 4.78 is 27.9. The van der Waals surface area contributed by atoms with E-state index in [9.17, 15) is 8.42 Å². The standard InChI is InChI=1S/C10H13BrN2O2S2/c11-8-2-4-16-10(8)17(14,15)13-3-1-7-5-12-6-9(7)13/h2,4,7,9,12H,1,3,5-6H2/t7-,9+/m0/s1. The zero-order chi connectivity index (χ0) is 12.0. The van der Waals surface area contributed by atoms with Gasteiger partial charge in [-0.1, -0.05) is 0 Å². The van der Waals surface area contributed by atoms with Crippen molar-refractivity contribution < 1.29 is 8.42 Å². The van der Waals surface area contributed by atoms with Crippen LogP contribution >= 0.6 is 27.3 Å². The molecule has 17 heavy (non-hydrogen) atoms. The average Bonchev–Trinajstić information content (AvgIpc) is 2.89. The van der Waals surface area contributed by atoms with Gasteiger partial charge in [0.25, 0.3) is 10.0 Å². The number of hydrogen-bond donors (Lipinski definition) is 1. The van der Waals surface area contributed by atoms with E-state index in [1.54, 1.807) is 15.8 Å². The highest BCUT2D eigenvalue weighted by Gasteiger charge is 2.44. The third kappa shape index (κ3) is 1.88. The summed E-state index contributed by atoms with van der Waals surface area (Å²) in [6.07, 6.45) is 0.972. The van der Waals surface area contributed by atoms with Gasteiger partial charge < -0.3 is 5.32 Å². The number of nitrogens with zero attached hydrogens (tertiary/aromatic N) is 1. The van der Waals surface area contributed by atoms with Crippen LogP contribution in [0.5, 0.6) is 0 Å². The van der Waals surface area contributed by atoms with E-state index in [0.29, 0.717) is 21.1 Å². The van der Waals surface area contributed by atoms with Crippen molar-refractivity contribution in [2.45, 2.75) is 16.7 Å². The molecule has 2 aliphatic heterocycles. The molecule has 2 fully saturated rings. The number of sulfonamides is 1. The summed E-state index contributed by atoms with van der Waals surface area (Å²) in [7, 11) is -3.32. The van der Waals surface area contributed by atoms with Gasteiger partial charge in [-0.05, 0) is 46.3 Å². The van der Waals surface area contributed by atoms with Gasteiger partial charge in [0.1, 0.15) is 4.21 Å². The van der Waals surface area contributed by atoms with Crippen LogP contribution in [0.2, 0.25) is 0 Å². The monoisotopic (exact) mass is 336 g/mol. The second-order valence-corrected chi connectivity index (χ2v) is 8.30. The number of fused-ring (bicyclic) bond motifs is 1. The van der Waals surface area contributed by atoms with E-state index in [-0.39, 0.29) is 6.04 Å². The average molecular weight is 337 g/mol. The molecule has 0 bridgehead atoms. The van der Waals surface area contributed by atoms with E-state index < -0.39 is 10.0 Å². The minimum Gasteiger partial charge on any atom is -0.315 e. The fourth-order valence-electron chi connectivity index (χ4n) is 2.68. The smallest absolute Gasteiger partial charge is 0.254 e. The van der Waals surface area contributed by atoms with E-state index in [1.807, 2.05) is 0 Å². The molecular formula is C10H13BrN2O2S2. The molecule has 94 valence electrons. The van der Waals surface area contributed by atoms with Gasteiger partial charge in [0.2, 0.25) is 0 Å². The van der Waals surface area contributed by atoms with Gasteiger partial charge in [0, 0.05) is 23.6 Å². The van der Waals surface area contributed by atoms with Crippen molar-refractivity contribution in [2.24, 2.45) is 5.92 Å². The normalized spacial score (nSPS) is 29.7. The highest BCUT2D eigenvalue weighted by molar-refractivity contribution is 9.10. The maximum absolute atomic E-state index is 12.5. The van der Waals surface area contributed by atoms with E-state index in [1.165, 1.54) is 11.3 Å². The predicted molar refractivity (Wildman–Crippen MR) is 70.7 cm³/mol. The molecular weight excluding hydrogens is 324 g/mol.